The average molecular weight is 299 g/mol. The van der Waals surface area contributed by atoms with Gasteiger partial charge >= 0.3 is 5.97 Å². The molecule has 0 aliphatic rings. The molecular weight excluding hydrogens is 282 g/mol. The molecule has 1 N–H and O–H groups in total. The number of carbonyl (C=O) groups is 2. The minimum Gasteiger partial charge on any atom is -0.468 e. The van der Waals surface area contributed by atoms with Gasteiger partial charge in [0, 0.05) is 6.42 Å². The molecule has 1 aromatic rings. The molecule has 0 aliphatic heterocycles. The zero-order valence-electron chi connectivity index (χ0n) is 11.4. The van der Waals surface area contributed by atoms with Gasteiger partial charge in [0.25, 0.3) is 0 Å². The Bertz CT molecular complexity index is 577. The van der Waals surface area contributed by atoms with E-state index in [-0.39, 0.29) is 23.6 Å². The summed E-state index contributed by atoms with van der Waals surface area (Å²) in [6, 6.07) is 6.42. The van der Waals surface area contributed by atoms with Crippen LogP contribution in [0.25, 0.3) is 0 Å². The fourth-order valence-corrected chi connectivity index (χ4v) is 2.66. The molecule has 110 valence electrons. The fraction of sp³-hybridized carbons (Fsp3) is 0.385. The molecule has 0 spiro atoms. The maximum absolute atomic E-state index is 12.0. The number of hydrogen-bond acceptors (Lipinski definition) is 5. The Hall–Kier alpha value is -1.89. The van der Waals surface area contributed by atoms with Gasteiger partial charge in [-0.2, -0.15) is 0 Å². The molecule has 0 fully saturated rings. The van der Waals surface area contributed by atoms with E-state index in [0.29, 0.717) is 0 Å². The minimum absolute atomic E-state index is 0.184. The van der Waals surface area contributed by atoms with Gasteiger partial charge in [-0.25, -0.2) is 8.42 Å². The monoisotopic (exact) mass is 299 g/mol. The summed E-state index contributed by atoms with van der Waals surface area (Å²) >= 11 is 0. The van der Waals surface area contributed by atoms with Gasteiger partial charge < -0.3 is 10.1 Å². The predicted octanol–water partition coefficient (Wildman–Crippen LogP) is 0.448. The van der Waals surface area contributed by atoms with Crippen molar-refractivity contribution in [1.82, 2.24) is 5.32 Å². The number of amides is 1. The van der Waals surface area contributed by atoms with Crippen LogP contribution in [0.1, 0.15) is 12.0 Å². The molecule has 0 bridgehead atoms. The number of ether oxygens (including phenoxy) is 1. The van der Waals surface area contributed by atoms with Crippen LogP contribution < -0.4 is 5.32 Å². The van der Waals surface area contributed by atoms with Crippen LogP contribution in [-0.4, -0.2) is 39.7 Å². The smallest absolute Gasteiger partial charge is 0.325 e. The average Bonchev–Trinajstić information content (AvgIpc) is 2.43. The van der Waals surface area contributed by atoms with Crippen LogP contribution in [-0.2, 0) is 24.2 Å². The Kier molecular flexibility index (Phi) is 5.69. The lowest BCUT2D eigenvalue weighted by Crippen LogP contribution is -2.31. The summed E-state index contributed by atoms with van der Waals surface area (Å²) in [7, 11) is -2.29. The molecular formula is C13H17NO5S. The lowest BCUT2D eigenvalue weighted by atomic mass is 10.2. The van der Waals surface area contributed by atoms with Gasteiger partial charge in [0.15, 0.2) is 9.84 Å². The van der Waals surface area contributed by atoms with Crippen molar-refractivity contribution in [1.29, 1.82) is 0 Å². The minimum atomic E-state index is -3.49. The Labute approximate surface area is 118 Å². The van der Waals surface area contributed by atoms with Crippen LogP contribution in [0, 0.1) is 6.92 Å². The summed E-state index contributed by atoms with van der Waals surface area (Å²) in [5.74, 6) is -1.39. The van der Waals surface area contributed by atoms with Gasteiger partial charge in [-0.3, -0.25) is 9.59 Å². The molecule has 0 heterocycles. The lowest BCUT2D eigenvalue weighted by molar-refractivity contribution is -0.141. The van der Waals surface area contributed by atoms with Crippen molar-refractivity contribution in [2.45, 2.75) is 18.2 Å². The van der Waals surface area contributed by atoms with Crippen molar-refractivity contribution in [3.63, 3.8) is 0 Å². The summed E-state index contributed by atoms with van der Waals surface area (Å²) in [5.41, 5.74) is 0.958. The molecule has 6 nitrogen and oxygen atoms in total. The summed E-state index contributed by atoms with van der Waals surface area (Å²) < 4.78 is 28.3. The van der Waals surface area contributed by atoms with E-state index in [9.17, 15) is 18.0 Å². The highest BCUT2D eigenvalue weighted by Crippen LogP contribution is 2.12. The number of benzene rings is 1. The van der Waals surface area contributed by atoms with E-state index < -0.39 is 21.7 Å². The van der Waals surface area contributed by atoms with Gasteiger partial charge in [0.05, 0.1) is 17.8 Å². The first-order chi connectivity index (χ1) is 9.35. The van der Waals surface area contributed by atoms with Gasteiger partial charge in [0.2, 0.25) is 5.91 Å². The van der Waals surface area contributed by atoms with Gasteiger partial charge in [-0.1, -0.05) is 17.7 Å². The zero-order valence-corrected chi connectivity index (χ0v) is 12.2. The third kappa shape index (κ3) is 5.00. The van der Waals surface area contributed by atoms with Crippen molar-refractivity contribution in [3.8, 4) is 0 Å². The van der Waals surface area contributed by atoms with Crippen LogP contribution in [0.2, 0.25) is 0 Å². The fourth-order valence-electron chi connectivity index (χ4n) is 1.42. The molecule has 0 aromatic heterocycles. The van der Waals surface area contributed by atoms with Crippen LogP contribution in [0.5, 0.6) is 0 Å². The van der Waals surface area contributed by atoms with E-state index >= 15 is 0 Å². The van der Waals surface area contributed by atoms with E-state index in [4.69, 9.17) is 0 Å². The topological polar surface area (TPSA) is 89.5 Å². The van der Waals surface area contributed by atoms with E-state index in [1.807, 2.05) is 6.92 Å². The van der Waals surface area contributed by atoms with Crippen molar-refractivity contribution in [2.75, 3.05) is 19.4 Å². The third-order valence-electron chi connectivity index (χ3n) is 2.64. The number of esters is 1. The Morgan fingerprint density at radius 1 is 1.20 bits per heavy atom. The number of sulfone groups is 1. The van der Waals surface area contributed by atoms with Crippen LogP contribution in [0.4, 0.5) is 0 Å². The summed E-state index contributed by atoms with van der Waals surface area (Å²) in [5, 5.41) is 2.29. The van der Waals surface area contributed by atoms with Crippen LogP contribution in [0.3, 0.4) is 0 Å². The highest BCUT2D eigenvalue weighted by molar-refractivity contribution is 7.91. The van der Waals surface area contributed by atoms with Crippen molar-refractivity contribution in [3.05, 3.63) is 29.8 Å². The summed E-state index contributed by atoms with van der Waals surface area (Å²) in [6.45, 7) is 1.59. The SMILES string of the molecule is COC(=O)CNC(=O)CCS(=O)(=O)c1ccc(C)cc1. The van der Waals surface area contributed by atoms with E-state index in [0.717, 1.165) is 5.56 Å². The Morgan fingerprint density at radius 2 is 1.80 bits per heavy atom. The molecule has 1 aromatic carbocycles. The number of hydrogen-bond donors (Lipinski definition) is 1. The molecule has 0 saturated carbocycles. The zero-order chi connectivity index (χ0) is 15.2. The van der Waals surface area contributed by atoms with Gasteiger partial charge in [-0.05, 0) is 19.1 Å². The highest BCUT2D eigenvalue weighted by Gasteiger charge is 2.16. The van der Waals surface area contributed by atoms with Crippen LogP contribution in [0.15, 0.2) is 29.2 Å². The molecule has 1 amide bonds. The molecule has 0 unspecified atom stereocenters. The third-order valence-corrected chi connectivity index (χ3v) is 4.37. The summed E-state index contributed by atoms with van der Waals surface area (Å²) in [6.07, 6.45) is -0.201. The van der Waals surface area contributed by atoms with E-state index in [1.165, 1.54) is 19.2 Å². The highest BCUT2D eigenvalue weighted by atomic mass is 32.2. The first-order valence-electron chi connectivity index (χ1n) is 5.98. The molecule has 0 aliphatic carbocycles. The number of aryl methyl sites for hydroxylation is 1. The van der Waals surface area contributed by atoms with E-state index in [1.54, 1.807) is 12.1 Å². The largest absolute Gasteiger partial charge is 0.468 e. The molecule has 0 radical (unpaired) electrons. The molecule has 1 rings (SSSR count). The normalized spacial score (nSPS) is 10.9. The number of methoxy groups -OCH3 is 1. The number of carbonyl (C=O) groups excluding carboxylic acids is 2. The molecule has 0 atom stereocenters. The van der Waals surface area contributed by atoms with Gasteiger partial charge in [-0.15, -0.1) is 0 Å². The standard InChI is InChI=1S/C13H17NO5S/c1-10-3-5-11(6-4-10)20(17,18)8-7-12(15)14-9-13(16)19-2/h3-6H,7-9H2,1-2H3,(H,14,15). The van der Waals surface area contributed by atoms with Crippen molar-refractivity contribution in [2.24, 2.45) is 0 Å². The van der Waals surface area contributed by atoms with Crippen molar-refractivity contribution < 1.29 is 22.7 Å². The second kappa shape index (κ2) is 7.04. The molecule has 0 saturated heterocycles. The molecule has 7 heteroatoms. The number of rotatable bonds is 6. The van der Waals surface area contributed by atoms with Crippen LogP contribution >= 0.6 is 0 Å². The molecule has 20 heavy (non-hydrogen) atoms. The predicted molar refractivity (Wildman–Crippen MR) is 72.9 cm³/mol. The Morgan fingerprint density at radius 3 is 2.35 bits per heavy atom. The maximum atomic E-state index is 12.0. The van der Waals surface area contributed by atoms with Crippen molar-refractivity contribution >= 4 is 21.7 Å². The lowest BCUT2D eigenvalue weighted by Gasteiger charge is -2.06. The summed E-state index contributed by atoms with van der Waals surface area (Å²) in [4.78, 5) is 22.4. The van der Waals surface area contributed by atoms with Gasteiger partial charge in [0.1, 0.15) is 6.54 Å². The Balaban J connectivity index is 2.53. The number of nitrogens with one attached hydrogen (secondary N) is 1. The first-order valence-corrected chi connectivity index (χ1v) is 7.63. The second-order valence-electron chi connectivity index (χ2n) is 4.23. The van der Waals surface area contributed by atoms with E-state index in [2.05, 4.69) is 10.1 Å². The second-order valence-corrected chi connectivity index (χ2v) is 6.34. The quantitative estimate of drug-likeness (QED) is 0.770. The first kappa shape index (κ1) is 16.2. The maximum Gasteiger partial charge on any atom is 0.325 e.